The van der Waals surface area contributed by atoms with Crippen molar-refractivity contribution in [3.63, 3.8) is 0 Å². The molecule has 0 atom stereocenters. The van der Waals surface area contributed by atoms with Gasteiger partial charge in [0.2, 0.25) is 0 Å². The summed E-state index contributed by atoms with van der Waals surface area (Å²) in [7, 11) is 0. The number of carboxylic acids is 1. The highest BCUT2D eigenvalue weighted by atomic mass is 35.5. The van der Waals surface area contributed by atoms with Gasteiger partial charge in [-0.3, -0.25) is 4.40 Å². The molecule has 0 bridgehead atoms. The van der Waals surface area contributed by atoms with Gasteiger partial charge in [0.25, 0.3) is 0 Å². The summed E-state index contributed by atoms with van der Waals surface area (Å²) in [6.45, 7) is 0. The van der Waals surface area contributed by atoms with E-state index in [1.807, 2.05) is 0 Å². The number of hydrogen-bond donors (Lipinski definition) is 1. The SMILES string of the molecule is O=C(O)c1nc2c(C(F)(F)F)cc(C#Cc3ccccc3)cn2c1Cl. The minimum absolute atomic E-state index is 0.0277. The Morgan fingerprint density at radius 1 is 1.16 bits per heavy atom. The van der Waals surface area contributed by atoms with E-state index in [0.717, 1.165) is 10.5 Å². The van der Waals surface area contributed by atoms with Crippen LogP contribution in [0.25, 0.3) is 5.65 Å². The molecule has 0 saturated carbocycles. The number of fused-ring (bicyclic) bond motifs is 1. The Kier molecular flexibility index (Phi) is 4.15. The van der Waals surface area contributed by atoms with Gasteiger partial charge >= 0.3 is 12.1 Å². The number of imidazole rings is 1. The quantitative estimate of drug-likeness (QED) is 0.661. The predicted octanol–water partition coefficient (Wildman–Crippen LogP) is 4.10. The zero-order valence-electron chi connectivity index (χ0n) is 12.3. The maximum atomic E-state index is 13.3. The summed E-state index contributed by atoms with van der Waals surface area (Å²) < 4.78 is 40.8. The normalized spacial score (nSPS) is 11.2. The van der Waals surface area contributed by atoms with E-state index in [1.165, 1.54) is 6.20 Å². The summed E-state index contributed by atoms with van der Waals surface area (Å²) in [6.07, 6.45) is -3.52. The number of alkyl halides is 3. The molecule has 2 heterocycles. The number of aromatic carboxylic acids is 1. The van der Waals surface area contributed by atoms with Crippen molar-refractivity contribution < 1.29 is 23.1 Å². The van der Waals surface area contributed by atoms with E-state index >= 15 is 0 Å². The van der Waals surface area contributed by atoms with Crippen LogP contribution in [0.3, 0.4) is 0 Å². The summed E-state index contributed by atoms with van der Waals surface area (Å²) in [6, 6.07) is 9.53. The number of halogens is 4. The highest BCUT2D eigenvalue weighted by Crippen LogP contribution is 2.34. The van der Waals surface area contributed by atoms with Crippen LogP contribution in [0, 0.1) is 11.8 Å². The average molecular weight is 365 g/mol. The third-order valence-corrected chi connectivity index (χ3v) is 3.66. The number of benzene rings is 1. The minimum atomic E-state index is -4.74. The second-order valence-electron chi connectivity index (χ2n) is 5.01. The Morgan fingerprint density at radius 3 is 2.40 bits per heavy atom. The third-order valence-electron chi connectivity index (χ3n) is 3.29. The number of carbonyl (C=O) groups is 1. The second-order valence-corrected chi connectivity index (χ2v) is 5.36. The van der Waals surface area contributed by atoms with Crippen LogP contribution in [0.5, 0.6) is 0 Å². The molecule has 2 aromatic heterocycles. The smallest absolute Gasteiger partial charge is 0.420 e. The first-order valence-electron chi connectivity index (χ1n) is 6.86. The fourth-order valence-electron chi connectivity index (χ4n) is 2.20. The Labute approximate surface area is 144 Å². The monoisotopic (exact) mass is 364 g/mol. The van der Waals surface area contributed by atoms with Gasteiger partial charge in [-0.25, -0.2) is 9.78 Å². The van der Waals surface area contributed by atoms with Crippen molar-refractivity contribution in [2.24, 2.45) is 0 Å². The van der Waals surface area contributed by atoms with Crippen molar-refractivity contribution in [3.8, 4) is 11.8 Å². The molecule has 0 aliphatic heterocycles. The lowest BCUT2D eigenvalue weighted by Crippen LogP contribution is -2.08. The maximum Gasteiger partial charge on any atom is 0.420 e. The van der Waals surface area contributed by atoms with Crippen molar-refractivity contribution >= 4 is 23.2 Å². The van der Waals surface area contributed by atoms with Crippen LogP contribution in [0.1, 0.15) is 27.2 Å². The fraction of sp³-hybridized carbons (Fsp3) is 0.0588. The van der Waals surface area contributed by atoms with Crippen LogP contribution in [0.4, 0.5) is 13.2 Å². The minimum Gasteiger partial charge on any atom is -0.476 e. The van der Waals surface area contributed by atoms with Gasteiger partial charge in [0.05, 0.1) is 0 Å². The van der Waals surface area contributed by atoms with E-state index < -0.39 is 34.2 Å². The fourth-order valence-corrected chi connectivity index (χ4v) is 2.45. The molecule has 4 nitrogen and oxygen atoms in total. The van der Waals surface area contributed by atoms with Gasteiger partial charge in [-0.05, 0) is 18.2 Å². The van der Waals surface area contributed by atoms with Crippen molar-refractivity contribution in [2.75, 3.05) is 0 Å². The molecule has 1 N–H and O–H groups in total. The number of nitrogens with zero attached hydrogens (tertiary/aromatic N) is 2. The molecule has 0 unspecified atom stereocenters. The molecule has 0 saturated heterocycles. The first-order valence-corrected chi connectivity index (χ1v) is 7.24. The van der Waals surface area contributed by atoms with E-state index in [1.54, 1.807) is 30.3 Å². The van der Waals surface area contributed by atoms with Gasteiger partial charge in [0.1, 0.15) is 10.7 Å². The molecular weight excluding hydrogens is 357 g/mol. The average Bonchev–Trinajstić information content (AvgIpc) is 2.89. The van der Waals surface area contributed by atoms with Crippen molar-refractivity contribution in [2.45, 2.75) is 6.18 Å². The van der Waals surface area contributed by atoms with Crippen LogP contribution in [-0.2, 0) is 6.18 Å². The molecule has 1 aromatic carbocycles. The zero-order chi connectivity index (χ0) is 18.2. The number of hydrogen-bond acceptors (Lipinski definition) is 2. The van der Waals surface area contributed by atoms with E-state index in [9.17, 15) is 18.0 Å². The van der Waals surface area contributed by atoms with Gasteiger partial charge in [-0.2, -0.15) is 13.2 Å². The lowest BCUT2D eigenvalue weighted by molar-refractivity contribution is -0.136. The first-order chi connectivity index (χ1) is 11.8. The molecule has 8 heteroatoms. The van der Waals surface area contributed by atoms with Gasteiger partial charge in [0.15, 0.2) is 11.3 Å². The molecule has 0 spiro atoms. The van der Waals surface area contributed by atoms with E-state index in [2.05, 4.69) is 16.8 Å². The van der Waals surface area contributed by atoms with Gasteiger partial charge in [0, 0.05) is 17.3 Å². The predicted molar refractivity (Wildman–Crippen MR) is 84.6 cm³/mol. The molecule has 25 heavy (non-hydrogen) atoms. The van der Waals surface area contributed by atoms with E-state index in [-0.39, 0.29) is 5.56 Å². The van der Waals surface area contributed by atoms with Gasteiger partial charge in [-0.1, -0.05) is 41.6 Å². The number of aromatic nitrogens is 2. The summed E-state index contributed by atoms with van der Waals surface area (Å²) in [5.74, 6) is 3.85. The summed E-state index contributed by atoms with van der Waals surface area (Å²) >= 11 is 5.87. The highest BCUT2D eigenvalue weighted by Gasteiger charge is 2.35. The molecule has 3 aromatic rings. The lowest BCUT2D eigenvalue weighted by Gasteiger charge is -2.09. The number of pyridine rings is 1. The molecular formula is C17H8ClF3N2O2. The number of rotatable bonds is 1. The summed E-state index contributed by atoms with van der Waals surface area (Å²) in [5, 5.41) is 8.59. The van der Waals surface area contributed by atoms with Gasteiger partial charge in [-0.15, -0.1) is 0 Å². The first kappa shape index (κ1) is 16.9. The van der Waals surface area contributed by atoms with Crippen molar-refractivity contribution in [1.82, 2.24) is 9.38 Å². The maximum absolute atomic E-state index is 13.3. The molecule has 126 valence electrons. The largest absolute Gasteiger partial charge is 0.476 e. The Hall–Kier alpha value is -2.98. The summed E-state index contributed by atoms with van der Waals surface area (Å²) in [4.78, 5) is 14.6. The van der Waals surface area contributed by atoms with E-state index in [0.29, 0.717) is 5.56 Å². The van der Waals surface area contributed by atoms with Crippen LogP contribution >= 0.6 is 11.6 Å². The molecule has 0 aliphatic rings. The van der Waals surface area contributed by atoms with Crippen LogP contribution in [0.2, 0.25) is 5.15 Å². The second kappa shape index (κ2) is 6.15. The molecule has 0 radical (unpaired) electrons. The lowest BCUT2D eigenvalue weighted by atomic mass is 10.1. The number of carboxylic acid groups (broad SMARTS) is 1. The van der Waals surface area contributed by atoms with Crippen molar-refractivity contribution in [1.29, 1.82) is 0 Å². The van der Waals surface area contributed by atoms with Gasteiger partial charge < -0.3 is 5.11 Å². The standard InChI is InChI=1S/C17H8ClF3N2O2/c18-14-13(16(24)25)22-15-12(17(19,20)21)8-11(9-23(14)15)7-6-10-4-2-1-3-5-10/h1-5,8-9H,(H,24,25). The van der Waals surface area contributed by atoms with Crippen LogP contribution in [0.15, 0.2) is 42.6 Å². The Bertz CT molecular complexity index is 1030. The Morgan fingerprint density at radius 2 is 1.80 bits per heavy atom. The Balaban J connectivity index is 2.23. The highest BCUT2D eigenvalue weighted by molar-refractivity contribution is 6.32. The summed E-state index contributed by atoms with van der Waals surface area (Å²) in [5.41, 5.74) is -1.69. The van der Waals surface area contributed by atoms with Crippen LogP contribution in [-0.4, -0.2) is 20.5 Å². The molecule has 0 amide bonds. The van der Waals surface area contributed by atoms with E-state index in [4.69, 9.17) is 16.7 Å². The third kappa shape index (κ3) is 3.30. The zero-order valence-corrected chi connectivity index (χ0v) is 13.1. The molecule has 0 fully saturated rings. The molecule has 3 rings (SSSR count). The van der Waals surface area contributed by atoms with Crippen LogP contribution < -0.4 is 0 Å². The van der Waals surface area contributed by atoms with Crippen molar-refractivity contribution in [3.05, 3.63) is 70.1 Å². The molecule has 0 aliphatic carbocycles. The topological polar surface area (TPSA) is 54.6 Å².